The Morgan fingerprint density at radius 1 is 1.09 bits per heavy atom. The van der Waals surface area contributed by atoms with E-state index >= 15 is 0 Å². The zero-order valence-corrected chi connectivity index (χ0v) is 20.6. The number of esters is 1. The first-order valence-corrected chi connectivity index (χ1v) is 11.4. The van der Waals surface area contributed by atoms with Gasteiger partial charge >= 0.3 is 5.97 Å². The fourth-order valence-electron chi connectivity index (χ4n) is 4.72. The molecule has 0 radical (unpaired) electrons. The third-order valence-corrected chi connectivity index (χ3v) is 6.46. The van der Waals surface area contributed by atoms with E-state index in [2.05, 4.69) is 33.6 Å². The Kier molecular flexibility index (Phi) is 7.16. The topological polar surface area (TPSA) is 49.8 Å². The normalized spacial score (nSPS) is 17.6. The lowest BCUT2D eigenvalue weighted by molar-refractivity contribution is 0.0505. The maximum atomic E-state index is 13.0. The number of allylic oxidation sites excluding steroid dienone is 3. The van der Waals surface area contributed by atoms with E-state index in [4.69, 9.17) is 4.74 Å². The van der Waals surface area contributed by atoms with Gasteiger partial charge in [-0.05, 0) is 81.8 Å². The number of carbonyl (C=O) groups excluding carboxylic acids is 1. The number of aryl methyl sites for hydroxylation is 2. The second-order valence-electron chi connectivity index (χ2n) is 9.73. The van der Waals surface area contributed by atoms with Crippen LogP contribution in [0, 0.1) is 25.2 Å². The number of anilines is 1. The molecule has 0 saturated heterocycles. The molecule has 33 heavy (non-hydrogen) atoms. The SMILES string of the molecule is C=C(C)CCC1C(C)=CN(c2c(C)cc(O)cc2C)C=C(OC(=O)c2ccccc2)C1(C)C. The number of benzene rings is 2. The van der Waals surface area contributed by atoms with Crippen LogP contribution in [-0.4, -0.2) is 11.1 Å². The molecule has 2 aromatic rings. The van der Waals surface area contributed by atoms with E-state index in [1.807, 2.05) is 50.1 Å². The number of hydrogen-bond donors (Lipinski definition) is 1. The summed E-state index contributed by atoms with van der Waals surface area (Å²) in [7, 11) is 0. The number of phenolic OH excluding ortho intramolecular Hbond substituents is 1. The van der Waals surface area contributed by atoms with E-state index < -0.39 is 5.41 Å². The van der Waals surface area contributed by atoms with E-state index in [0.717, 1.165) is 35.2 Å². The molecule has 3 rings (SSSR count). The summed E-state index contributed by atoms with van der Waals surface area (Å²) in [5.74, 6) is 0.644. The second kappa shape index (κ2) is 9.70. The average Bonchev–Trinajstić information content (AvgIpc) is 2.80. The number of hydrogen-bond acceptors (Lipinski definition) is 4. The summed E-state index contributed by atoms with van der Waals surface area (Å²) in [5, 5.41) is 10.0. The number of ether oxygens (including phenoxy) is 1. The number of carbonyl (C=O) groups is 1. The molecule has 0 amide bonds. The van der Waals surface area contributed by atoms with Gasteiger partial charge in [-0.25, -0.2) is 4.79 Å². The zero-order valence-electron chi connectivity index (χ0n) is 20.6. The molecule has 174 valence electrons. The molecule has 0 saturated carbocycles. The van der Waals surface area contributed by atoms with Gasteiger partial charge in [-0.15, -0.1) is 6.58 Å². The molecule has 1 unspecified atom stereocenters. The smallest absolute Gasteiger partial charge is 0.343 e. The number of phenols is 1. The molecule has 0 fully saturated rings. The van der Waals surface area contributed by atoms with Gasteiger partial charge in [-0.2, -0.15) is 0 Å². The maximum Gasteiger partial charge on any atom is 0.343 e. The lowest BCUT2D eigenvalue weighted by Gasteiger charge is -2.35. The van der Waals surface area contributed by atoms with Crippen LogP contribution in [0.1, 0.15) is 62.0 Å². The average molecular weight is 446 g/mol. The molecule has 1 heterocycles. The molecular formula is C29H35NO3. The van der Waals surface area contributed by atoms with Crippen molar-refractivity contribution in [3.63, 3.8) is 0 Å². The van der Waals surface area contributed by atoms with Crippen molar-refractivity contribution in [2.45, 2.75) is 54.4 Å². The van der Waals surface area contributed by atoms with E-state index in [0.29, 0.717) is 11.3 Å². The summed E-state index contributed by atoms with van der Waals surface area (Å²) in [6.45, 7) is 16.5. The third kappa shape index (κ3) is 5.39. The molecular weight excluding hydrogens is 410 g/mol. The van der Waals surface area contributed by atoms with Crippen LogP contribution in [0.2, 0.25) is 0 Å². The lowest BCUT2D eigenvalue weighted by Crippen LogP contribution is -2.29. The van der Waals surface area contributed by atoms with Gasteiger partial charge in [0.1, 0.15) is 11.5 Å². The van der Waals surface area contributed by atoms with Gasteiger partial charge < -0.3 is 14.7 Å². The van der Waals surface area contributed by atoms with Crippen LogP contribution in [0.3, 0.4) is 0 Å². The number of nitrogens with zero attached hydrogens (tertiary/aromatic N) is 1. The number of aromatic hydroxyl groups is 1. The minimum absolute atomic E-state index is 0.159. The largest absolute Gasteiger partial charge is 0.508 e. The molecule has 0 aliphatic carbocycles. The Balaban J connectivity index is 2.12. The van der Waals surface area contributed by atoms with Crippen molar-refractivity contribution in [2.75, 3.05) is 4.90 Å². The molecule has 1 atom stereocenters. The van der Waals surface area contributed by atoms with Gasteiger partial charge in [0.25, 0.3) is 0 Å². The highest BCUT2D eigenvalue weighted by Gasteiger charge is 2.39. The molecule has 0 aromatic heterocycles. The Bertz CT molecular complexity index is 1090. The first kappa shape index (κ1) is 24.4. The van der Waals surface area contributed by atoms with E-state index in [1.54, 1.807) is 24.3 Å². The highest BCUT2D eigenvalue weighted by molar-refractivity contribution is 5.90. The van der Waals surface area contributed by atoms with Crippen molar-refractivity contribution in [3.05, 3.63) is 95.0 Å². The standard InChI is InChI=1S/C29H35NO3/c1-19(2)13-14-25-22(5)17-30(27-20(3)15-24(31)16-21(27)4)18-26(29(25,6)7)33-28(32)23-11-9-8-10-12-23/h8-12,15-18,25,31H,1,13-14H2,2-7H3. The highest BCUT2D eigenvalue weighted by atomic mass is 16.5. The van der Waals surface area contributed by atoms with Gasteiger partial charge in [0.15, 0.2) is 0 Å². The maximum absolute atomic E-state index is 13.0. The van der Waals surface area contributed by atoms with Crippen LogP contribution in [0.15, 0.2) is 78.3 Å². The minimum Gasteiger partial charge on any atom is -0.508 e. The van der Waals surface area contributed by atoms with Crippen molar-refractivity contribution in [1.82, 2.24) is 0 Å². The van der Waals surface area contributed by atoms with Crippen molar-refractivity contribution >= 4 is 11.7 Å². The first-order chi connectivity index (χ1) is 15.5. The van der Waals surface area contributed by atoms with Gasteiger partial charge in [0.2, 0.25) is 0 Å². The third-order valence-electron chi connectivity index (χ3n) is 6.46. The van der Waals surface area contributed by atoms with Gasteiger partial charge in [-0.1, -0.05) is 43.2 Å². The predicted molar refractivity (Wildman–Crippen MR) is 135 cm³/mol. The Labute approximate surface area is 197 Å². The molecule has 0 bridgehead atoms. The van der Waals surface area contributed by atoms with Crippen molar-refractivity contribution in [1.29, 1.82) is 0 Å². The van der Waals surface area contributed by atoms with Crippen LogP contribution in [0.5, 0.6) is 5.75 Å². The van der Waals surface area contributed by atoms with Crippen molar-refractivity contribution in [3.8, 4) is 5.75 Å². The summed E-state index contributed by atoms with van der Waals surface area (Å²) in [4.78, 5) is 15.1. The van der Waals surface area contributed by atoms with Crippen LogP contribution in [0.4, 0.5) is 5.69 Å². The van der Waals surface area contributed by atoms with Gasteiger partial charge in [-0.3, -0.25) is 0 Å². The second-order valence-corrected chi connectivity index (χ2v) is 9.73. The van der Waals surface area contributed by atoms with E-state index in [-0.39, 0.29) is 17.6 Å². The first-order valence-electron chi connectivity index (χ1n) is 11.4. The van der Waals surface area contributed by atoms with E-state index in [9.17, 15) is 9.90 Å². The quantitative estimate of drug-likeness (QED) is 0.371. The monoisotopic (exact) mass is 445 g/mol. The molecule has 2 aromatic carbocycles. The molecule has 1 aliphatic rings. The molecule has 1 N–H and O–H groups in total. The van der Waals surface area contributed by atoms with E-state index in [1.165, 1.54) is 5.57 Å². The summed E-state index contributed by atoms with van der Waals surface area (Å²) in [6, 6.07) is 12.6. The lowest BCUT2D eigenvalue weighted by atomic mass is 9.71. The highest BCUT2D eigenvalue weighted by Crippen LogP contribution is 2.46. The fraction of sp³-hybridized carbons (Fsp3) is 0.345. The summed E-state index contributed by atoms with van der Waals surface area (Å²) in [6.07, 6.45) is 5.86. The zero-order chi connectivity index (χ0) is 24.3. The number of rotatable bonds is 6. The summed E-state index contributed by atoms with van der Waals surface area (Å²) < 4.78 is 6.09. The van der Waals surface area contributed by atoms with Crippen LogP contribution in [-0.2, 0) is 4.74 Å². The van der Waals surface area contributed by atoms with Gasteiger partial charge in [0.05, 0.1) is 11.3 Å². The van der Waals surface area contributed by atoms with Crippen LogP contribution >= 0.6 is 0 Å². The minimum atomic E-state index is -0.423. The fourth-order valence-corrected chi connectivity index (χ4v) is 4.72. The van der Waals surface area contributed by atoms with Crippen molar-refractivity contribution in [2.24, 2.45) is 11.3 Å². The summed E-state index contributed by atoms with van der Waals surface area (Å²) in [5.41, 5.74) is 5.29. The van der Waals surface area contributed by atoms with Crippen molar-refractivity contribution < 1.29 is 14.6 Å². The molecule has 4 nitrogen and oxygen atoms in total. The Morgan fingerprint density at radius 3 is 2.27 bits per heavy atom. The molecule has 1 aliphatic heterocycles. The molecule has 4 heteroatoms. The van der Waals surface area contributed by atoms with Crippen LogP contribution < -0.4 is 4.90 Å². The Hall–Kier alpha value is -3.27. The predicted octanol–water partition coefficient (Wildman–Crippen LogP) is 7.43. The Morgan fingerprint density at radius 2 is 1.70 bits per heavy atom. The summed E-state index contributed by atoms with van der Waals surface area (Å²) >= 11 is 0. The molecule has 0 spiro atoms. The van der Waals surface area contributed by atoms with Gasteiger partial charge in [0, 0.05) is 17.8 Å². The van der Waals surface area contributed by atoms with Crippen LogP contribution in [0.25, 0.3) is 0 Å².